The van der Waals surface area contributed by atoms with Gasteiger partial charge < -0.3 is 14.8 Å². The Balaban J connectivity index is 2.27. The number of fused-ring (bicyclic) bond motifs is 1. The monoisotopic (exact) mass is 306 g/mol. The van der Waals surface area contributed by atoms with Gasteiger partial charge in [0.05, 0.1) is 11.2 Å². The Kier molecular flexibility index (Phi) is 4.26. The number of rotatable bonds is 5. The Hall–Kier alpha value is -1.21. The summed E-state index contributed by atoms with van der Waals surface area (Å²) in [6.07, 6.45) is 0.793. The number of aliphatic hydroxyl groups is 1. The zero-order chi connectivity index (χ0) is 15.8. The first-order valence-corrected chi connectivity index (χ1v) is 7.52. The van der Waals surface area contributed by atoms with Crippen LogP contribution in [0.5, 0.6) is 0 Å². The summed E-state index contributed by atoms with van der Waals surface area (Å²) in [5, 5.41) is 21.2. The Labute approximate surface area is 128 Å². The third-order valence-electron chi connectivity index (χ3n) is 3.82. The van der Waals surface area contributed by atoms with E-state index in [2.05, 4.69) is 0 Å². The van der Waals surface area contributed by atoms with E-state index in [1.807, 2.05) is 6.07 Å². The minimum atomic E-state index is -1.12. The van der Waals surface area contributed by atoms with Crippen LogP contribution in [0.1, 0.15) is 38.1 Å². The standard InChI is InChI=1S/C15H19BO4S/c1-14(2,18)15(3,4)20-16(19)13-8-11-7-10(9-17)5-6-12(11)21-13/h5-9,18-19H,1-4H3. The van der Waals surface area contributed by atoms with Crippen LogP contribution in [0.4, 0.5) is 0 Å². The molecule has 2 N–H and O–H groups in total. The minimum absolute atomic E-state index is 0.596. The van der Waals surface area contributed by atoms with E-state index >= 15 is 0 Å². The number of hydrogen-bond donors (Lipinski definition) is 2. The predicted molar refractivity (Wildman–Crippen MR) is 86.3 cm³/mol. The predicted octanol–water partition coefficient (Wildman–Crippen LogP) is 1.97. The summed E-state index contributed by atoms with van der Waals surface area (Å²) < 4.78 is 7.24. The van der Waals surface area contributed by atoms with Crippen molar-refractivity contribution in [3.63, 3.8) is 0 Å². The molecule has 21 heavy (non-hydrogen) atoms. The van der Waals surface area contributed by atoms with Crippen molar-refractivity contribution < 1.29 is 19.6 Å². The molecule has 2 rings (SSSR count). The quantitative estimate of drug-likeness (QED) is 0.655. The van der Waals surface area contributed by atoms with Gasteiger partial charge in [-0.05, 0) is 51.3 Å². The van der Waals surface area contributed by atoms with Gasteiger partial charge in [-0.2, -0.15) is 0 Å². The summed E-state index contributed by atoms with van der Waals surface area (Å²) in [5.41, 5.74) is -1.40. The van der Waals surface area contributed by atoms with Crippen LogP contribution in [0, 0.1) is 0 Å². The van der Waals surface area contributed by atoms with E-state index < -0.39 is 18.3 Å². The third kappa shape index (κ3) is 3.35. The van der Waals surface area contributed by atoms with E-state index in [0.717, 1.165) is 16.4 Å². The highest BCUT2D eigenvalue weighted by Crippen LogP contribution is 2.27. The highest BCUT2D eigenvalue weighted by molar-refractivity contribution is 7.28. The van der Waals surface area contributed by atoms with Crippen molar-refractivity contribution in [2.45, 2.75) is 38.9 Å². The fourth-order valence-electron chi connectivity index (χ4n) is 1.76. The van der Waals surface area contributed by atoms with Crippen molar-refractivity contribution >= 4 is 39.6 Å². The van der Waals surface area contributed by atoms with Gasteiger partial charge in [-0.25, -0.2) is 0 Å². The summed E-state index contributed by atoms with van der Waals surface area (Å²) in [4.78, 5) is 10.8. The van der Waals surface area contributed by atoms with Crippen LogP contribution in [0.25, 0.3) is 10.1 Å². The van der Waals surface area contributed by atoms with Crippen molar-refractivity contribution in [1.82, 2.24) is 0 Å². The molecule has 2 aromatic rings. The molecule has 0 spiro atoms. The smallest absolute Gasteiger partial charge is 0.423 e. The molecule has 0 unspecified atom stereocenters. The van der Waals surface area contributed by atoms with Crippen molar-refractivity contribution in [2.75, 3.05) is 0 Å². The lowest BCUT2D eigenvalue weighted by Crippen LogP contribution is -2.52. The molecule has 0 fully saturated rings. The Morgan fingerprint density at radius 1 is 1.24 bits per heavy atom. The SMILES string of the molecule is CC(C)(O)C(C)(C)OB(O)c1cc2cc(C=O)ccc2s1. The molecule has 0 radical (unpaired) electrons. The summed E-state index contributed by atoms with van der Waals surface area (Å²) in [6.45, 7) is 6.74. The van der Waals surface area contributed by atoms with Crippen molar-refractivity contribution in [3.05, 3.63) is 29.8 Å². The van der Waals surface area contributed by atoms with Crippen molar-refractivity contribution in [3.8, 4) is 0 Å². The second-order valence-electron chi connectivity index (χ2n) is 6.10. The maximum atomic E-state index is 10.8. The number of thiophene rings is 1. The lowest BCUT2D eigenvalue weighted by Gasteiger charge is -2.38. The van der Waals surface area contributed by atoms with Crippen LogP contribution in [0.2, 0.25) is 0 Å². The molecular weight excluding hydrogens is 287 g/mol. The van der Waals surface area contributed by atoms with Crippen LogP contribution < -0.4 is 4.78 Å². The number of benzene rings is 1. The van der Waals surface area contributed by atoms with Crippen LogP contribution in [-0.2, 0) is 4.65 Å². The lowest BCUT2D eigenvalue weighted by atomic mass is 9.82. The van der Waals surface area contributed by atoms with E-state index in [4.69, 9.17) is 4.65 Å². The van der Waals surface area contributed by atoms with Crippen LogP contribution in [0.3, 0.4) is 0 Å². The fraction of sp³-hybridized carbons (Fsp3) is 0.400. The number of aldehydes is 1. The average Bonchev–Trinajstić information content (AvgIpc) is 2.79. The molecule has 0 atom stereocenters. The first-order chi connectivity index (χ1) is 9.64. The van der Waals surface area contributed by atoms with Gasteiger partial charge in [0.25, 0.3) is 0 Å². The van der Waals surface area contributed by atoms with E-state index in [-0.39, 0.29) is 0 Å². The Morgan fingerprint density at radius 2 is 1.90 bits per heavy atom. The van der Waals surface area contributed by atoms with Gasteiger partial charge in [0.1, 0.15) is 6.29 Å². The third-order valence-corrected chi connectivity index (χ3v) is 4.97. The molecule has 0 aliphatic carbocycles. The molecule has 6 heteroatoms. The minimum Gasteiger partial charge on any atom is -0.423 e. The summed E-state index contributed by atoms with van der Waals surface area (Å²) >= 11 is 1.40. The lowest BCUT2D eigenvalue weighted by molar-refractivity contribution is -0.0981. The van der Waals surface area contributed by atoms with Gasteiger partial charge in [-0.1, -0.05) is 6.07 Å². The fourth-order valence-corrected chi connectivity index (χ4v) is 2.72. The second-order valence-corrected chi connectivity index (χ2v) is 7.22. The molecule has 1 aromatic carbocycles. The summed E-state index contributed by atoms with van der Waals surface area (Å²) in [6, 6.07) is 7.17. The average molecular weight is 306 g/mol. The topological polar surface area (TPSA) is 66.8 Å². The first kappa shape index (κ1) is 16.2. The largest absolute Gasteiger partial charge is 0.502 e. The van der Waals surface area contributed by atoms with Crippen LogP contribution in [-0.4, -0.2) is 34.7 Å². The second kappa shape index (κ2) is 5.53. The molecule has 1 heterocycles. The van der Waals surface area contributed by atoms with E-state index in [1.54, 1.807) is 45.9 Å². The highest BCUT2D eigenvalue weighted by Gasteiger charge is 2.39. The molecule has 0 saturated heterocycles. The maximum absolute atomic E-state index is 10.8. The van der Waals surface area contributed by atoms with Crippen LogP contribution in [0.15, 0.2) is 24.3 Å². The van der Waals surface area contributed by atoms with Crippen molar-refractivity contribution in [2.24, 2.45) is 0 Å². The summed E-state index contributed by atoms with van der Waals surface area (Å²) in [5.74, 6) is 0. The zero-order valence-electron chi connectivity index (χ0n) is 12.6. The van der Waals surface area contributed by atoms with Gasteiger partial charge in [0.2, 0.25) is 0 Å². The molecule has 4 nitrogen and oxygen atoms in total. The molecule has 0 aliphatic rings. The van der Waals surface area contributed by atoms with Gasteiger partial charge in [-0.3, -0.25) is 4.79 Å². The molecule has 1 aromatic heterocycles. The molecule has 0 saturated carbocycles. The van der Waals surface area contributed by atoms with Crippen molar-refractivity contribution in [1.29, 1.82) is 0 Å². The molecular formula is C15H19BO4S. The van der Waals surface area contributed by atoms with Gasteiger partial charge >= 0.3 is 7.12 Å². The number of carbonyl (C=O) groups excluding carboxylic acids is 1. The highest BCUT2D eigenvalue weighted by atomic mass is 32.1. The van der Waals surface area contributed by atoms with Gasteiger partial charge in [-0.15, -0.1) is 11.3 Å². The van der Waals surface area contributed by atoms with E-state index in [1.165, 1.54) is 11.3 Å². The Morgan fingerprint density at radius 3 is 2.48 bits per heavy atom. The van der Waals surface area contributed by atoms with E-state index in [9.17, 15) is 14.9 Å². The molecule has 0 bridgehead atoms. The molecule has 0 aliphatic heterocycles. The van der Waals surface area contributed by atoms with Gasteiger partial charge in [0.15, 0.2) is 0 Å². The van der Waals surface area contributed by atoms with Crippen LogP contribution >= 0.6 is 11.3 Å². The normalized spacial score (nSPS) is 12.7. The first-order valence-electron chi connectivity index (χ1n) is 6.71. The maximum Gasteiger partial charge on any atom is 0.502 e. The summed E-state index contributed by atoms with van der Waals surface area (Å²) in [7, 11) is -1.12. The van der Waals surface area contributed by atoms with E-state index in [0.29, 0.717) is 10.3 Å². The number of hydrogen-bond acceptors (Lipinski definition) is 5. The molecule has 112 valence electrons. The Bertz CT molecular complexity index is 657. The van der Waals surface area contributed by atoms with Gasteiger partial charge in [0, 0.05) is 15.0 Å². The number of carbonyl (C=O) groups is 1. The zero-order valence-corrected chi connectivity index (χ0v) is 13.4. The molecule has 0 amide bonds.